The smallest absolute Gasteiger partial charge is 0.271 e. The zero-order valence-electron chi connectivity index (χ0n) is 17.7. The molecule has 2 saturated heterocycles. The summed E-state index contributed by atoms with van der Waals surface area (Å²) in [4.78, 5) is 64.1. The summed E-state index contributed by atoms with van der Waals surface area (Å²) in [7, 11) is 0. The molecule has 1 aromatic rings. The van der Waals surface area contributed by atoms with Gasteiger partial charge in [0.2, 0.25) is 17.7 Å². The van der Waals surface area contributed by atoms with Gasteiger partial charge in [0.05, 0.1) is 6.54 Å². The molecule has 3 aliphatic heterocycles. The molecular formula is C21H26N6O5. The van der Waals surface area contributed by atoms with Gasteiger partial charge in [0.1, 0.15) is 12.2 Å². The van der Waals surface area contributed by atoms with Crippen LogP contribution in [0.1, 0.15) is 53.1 Å². The average molecular weight is 442 g/mol. The summed E-state index contributed by atoms with van der Waals surface area (Å²) < 4.78 is 1.54. The minimum absolute atomic E-state index is 0.0182. The molecule has 0 spiro atoms. The van der Waals surface area contributed by atoms with Crippen LogP contribution in [0.4, 0.5) is 0 Å². The number of carbonyl (C=O) groups is 5. The maximum Gasteiger partial charge on any atom is 0.271 e. The summed E-state index contributed by atoms with van der Waals surface area (Å²) in [5.74, 6) is -0.970. The monoisotopic (exact) mass is 442 g/mol. The first-order valence-electron chi connectivity index (χ1n) is 11.2. The molecule has 2 bridgehead atoms. The van der Waals surface area contributed by atoms with Crippen LogP contribution in [-0.2, 0) is 20.9 Å². The number of rotatable bonds is 5. The third kappa shape index (κ3) is 3.55. The molecule has 0 aromatic carbocycles. The van der Waals surface area contributed by atoms with Crippen molar-refractivity contribution in [2.24, 2.45) is 11.8 Å². The molecule has 5 rings (SSSR count). The Morgan fingerprint density at radius 3 is 2.69 bits per heavy atom. The fourth-order valence-corrected chi connectivity index (χ4v) is 5.50. The highest BCUT2D eigenvalue weighted by Gasteiger charge is 2.46. The molecule has 1 saturated carbocycles. The lowest BCUT2D eigenvalue weighted by Gasteiger charge is -2.32. The zero-order valence-corrected chi connectivity index (χ0v) is 17.7. The first-order chi connectivity index (χ1) is 15.4. The highest BCUT2D eigenvalue weighted by atomic mass is 16.2. The fourth-order valence-electron chi connectivity index (χ4n) is 5.50. The number of fused-ring (bicyclic) bond motifs is 3. The molecule has 3 fully saturated rings. The second-order valence-electron chi connectivity index (χ2n) is 8.95. The first-order valence-corrected chi connectivity index (χ1v) is 11.2. The van der Waals surface area contributed by atoms with Gasteiger partial charge in [0, 0.05) is 50.5 Å². The van der Waals surface area contributed by atoms with Crippen molar-refractivity contribution in [3.8, 4) is 0 Å². The van der Waals surface area contributed by atoms with Gasteiger partial charge in [-0.3, -0.25) is 33.6 Å². The summed E-state index contributed by atoms with van der Waals surface area (Å²) in [5.41, 5.74) is 0.584. The van der Waals surface area contributed by atoms with Gasteiger partial charge in [0.25, 0.3) is 11.8 Å². The van der Waals surface area contributed by atoms with Gasteiger partial charge in [-0.05, 0) is 18.8 Å². The Labute approximate surface area is 184 Å². The molecule has 3 atom stereocenters. The van der Waals surface area contributed by atoms with Crippen LogP contribution in [-0.4, -0.2) is 81.3 Å². The van der Waals surface area contributed by atoms with Crippen molar-refractivity contribution in [1.82, 2.24) is 30.2 Å². The third-order valence-electron chi connectivity index (χ3n) is 7.13. The van der Waals surface area contributed by atoms with Gasteiger partial charge >= 0.3 is 0 Å². The topological polar surface area (TPSA) is 134 Å². The van der Waals surface area contributed by atoms with Gasteiger partial charge in [-0.2, -0.15) is 5.10 Å². The lowest BCUT2D eigenvalue weighted by atomic mass is 9.79. The minimum Gasteiger partial charge on any atom is -0.350 e. The van der Waals surface area contributed by atoms with Crippen LogP contribution < -0.4 is 10.6 Å². The Hall–Kier alpha value is -3.24. The number of hydrogen-bond donors (Lipinski definition) is 2. The Morgan fingerprint density at radius 1 is 1.16 bits per heavy atom. The highest BCUT2D eigenvalue weighted by Crippen LogP contribution is 2.40. The summed E-state index contributed by atoms with van der Waals surface area (Å²) >= 11 is 0. The molecule has 170 valence electrons. The molecule has 0 radical (unpaired) electrons. The number of nitrogens with one attached hydrogen (secondary N) is 2. The summed E-state index contributed by atoms with van der Waals surface area (Å²) in [6.45, 7) is 1.81. The van der Waals surface area contributed by atoms with E-state index in [1.54, 1.807) is 9.58 Å². The fraction of sp³-hybridized carbons (Fsp3) is 0.619. The number of nitrogens with zero attached hydrogens (tertiary/aromatic N) is 4. The predicted octanol–water partition coefficient (Wildman–Crippen LogP) is -0.868. The number of imide groups is 1. The maximum absolute atomic E-state index is 12.9. The van der Waals surface area contributed by atoms with Crippen molar-refractivity contribution in [2.45, 2.75) is 44.7 Å². The van der Waals surface area contributed by atoms with Crippen LogP contribution in [0.15, 0.2) is 6.07 Å². The van der Waals surface area contributed by atoms with Crippen LogP contribution in [0, 0.1) is 11.8 Å². The van der Waals surface area contributed by atoms with E-state index in [9.17, 15) is 24.0 Å². The quantitative estimate of drug-likeness (QED) is 0.570. The predicted molar refractivity (Wildman–Crippen MR) is 109 cm³/mol. The highest BCUT2D eigenvalue weighted by molar-refractivity contribution is 6.04. The normalized spacial score (nSPS) is 26.9. The van der Waals surface area contributed by atoms with Gasteiger partial charge < -0.3 is 15.5 Å². The van der Waals surface area contributed by atoms with Crippen molar-refractivity contribution in [1.29, 1.82) is 0 Å². The second kappa shape index (κ2) is 8.03. The van der Waals surface area contributed by atoms with E-state index < -0.39 is 0 Å². The number of carbonyl (C=O) groups excluding carboxylic acids is 5. The number of hydrogen-bond acceptors (Lipinski definition) is 6. The Morgan fingerprint density at radius 2 is 1.94 bits per heavy atom. The molecule has 32 heavy (non-hydrogen) atoms. The van der Waals surface area contributed by atoms with Crippen molar-refractivity contribution in [2.75, 3.05) is 26.2 Å². The number of aromatic nitrogens is 2. The third-order valence-corrected chi connectivity index (χ3v) is 7.13. The molecule has 1 aromatic heterocycles. The molecule has 4 heterocycles. The van der Waals surface area contributed by atoms with E-state index in [1.807, 2.05) is 0 Å². The molecule has 2 N–H and O–H groups in total. The van der Waals surface area contributed by atoms with E-state index in [0.29, 0.717) is 31.9 Å². The summed E-state index contributed by atoms with van der Waals surface area (Å²) in [6, 6.07) is 1.48. The maximum atomic E-state index is 12.9. The van der Waals surface area contributed by atoms with Gasteiger partial charge in [-0.25, -0.2) is 0 Å². The van der Waals surface area contributed by atoms with Crippen molar-refractivity contribution in [3.63, 3.8) is 0 Å². The zero-order chi connectivity index (χ0) is 22.4. The van der Waals surface area contributed by atoms with Crippen LogP contribution >= 0.6 is 0 Å². The summed E-state index contributed by atoms with van der Waals surface area (Å²) in [5, 5.41) is 9.91. The number of likely N-dealkylation sites (tertiary alicyclic amines) is 2. The molecule has 3 unspecified atom stereocenters. The van der Waals surface area contributed by atoms with Crippen LogP contribution in [0.3, 0.4) is 0 Å². The van der Waals surface area contributed by atoms with E-state index in [4.69, 9.17) is 0 Å². The van der Waals surface area contributed by atoms with E-state index in [0.717, 1.165) is 24.2 Å². The molecular weight excluding hydrogens is 416 g/mol. The van der Waals surface area contributed by atoms with Gasteiger partial charge in [0.15, 0.2) is 5.69 Å². The standard InChI is InChI=1S/C21H26N6O5/c28-17-4-5-18(29)26(17)11-19(30)25-10-12-2-1-3-15(25)13(12)9-23-20(31)14-8-16-21(32)22-6-7-27(16)24-14/h8,12-13,15H,1-7,9-11H2,(H,22,32)(H,23,31). The Kier molecular flexibility index (Phi) is 5.18. The number of amides is 5. The first kappa shape index (κ1) is 20.7. The molecule has 11 heteroatoms. The molecule has 5 amide bonds. The molecule has 11 nitrogen and oxygen atoms in total. The van der Waals surface area contributed by atoms with Gasteiger partial charge in [-0.15, -0.1) is 0 Å². The van der Waals surface area contributed by atoms with Crippen molar-refractivity contribution < 1.29 is 24.0 Å². The average Bonchev–Trinajstić information content (AvgIpc) is 3.40. The SMILES string of the molecule is O=C(NCC1C2CCCC1N(C(=O)CN1C(=O)CCC1=O)C2)c1cc2n(n1)CCNC2=O. The molecule has 4 aliphatic rings. The summed E-state index contributed by atoms with van der Waals surface area (Å²) in [6.07, 6.45) is 3.16. The van der Waals surface area contributed by atoms with Gasteiger partial charge in [-0.1, -0.05) is 6.42 Å². The van der Waals surface area contributed by atoms with E-state index in [-0.39, 0.29) is 72.5 Å². The van der Waals surface area contributed by atoms with Crippen LogP contribution in [0.2, 0.25) is 0 Å². The van der Waals surface area contributed by atoms with Crippen molar-refractivity contribution in [3.05, 3.63) is 17.5 Å². The van der Waals surface area contributed by atoms with Crippen molar-refractivity contribution >= 4 is 29.5 Å². The Balaban J connectivity index is 1.22. The van der Waals surface area contributed by atoms with E-state index >= 15 is 0 Å². The largest absolute Gasteiger partial charge is 0.350 e. The minimum atomic E-state index is -0.337. The lowest BCUT2D eigenvalue weighted by molar-refractivity contribution is -0.146. The lowest BCUT2D eigenvalue weighted by Crippen LogP contribution is -2.46. The van der Waals surface area contributed by atoms with Crippen LogP contribution in [0.5, 0.6) is 0 Å². The van der Waals surface area contributed by atoms with Crippen LogP contribution in [0.25, 0.3) is 0 Å². The Bertz CT molecular complexity index is 987. The molecule has 1 aliphatic carbocycles. The van der Waals surface area contributed by atoms with E-state index in [2.05, 4.69) is 15.7 Å². The van der Waals surface area contributed by atoms with E-state index in [1.165, 1.54) is 6.07 Å². The second-order valence-corrected chi connectivity index (χ2v) is 8.95.